The van der Waals surface area contributed by atoms with Gasteiger partial charge in [-0.3, -0.25) is 0 Å². The van der Waals surface area contributed by atoms with E-state index in [1.807, 2.05) is 46.8 Å². The highest BCUT2D eigenvalue weighted by Gasteiger charge is 2.68. The van der Waals surface area contributed by atoms with Crippen LogP contribution in [0.1, 0.15) is 52.2 Å². The van der Waals surface area contributed by atoms with Gasteiger partial charge in [0.2, 0.25) is 0 Å². The van der Waals surface area contributed by atoms with Crippen molar-refractivity contribution in [2.75, 3.05) is 0 Å². The predicted molar refractivity (Wildman–Crippen MR) is 83.8 cm³/mol. The molecule has 2 nitrogen and oxygen atoms in total. The summed E-state index contributed by atoms with van der Waals surface area (Å²) in [4.78, 5) is 0. The van der Waals surface area contributed by atoms with Gasteiger partial charge in [-0.1, -0.05) is 23.8 Å². The molecule has 1 heterocycles. The third-order valence-corrected chi connectivity index (χ3v) is 5.68. The molecule has 5 heteroatoms. The Morgan fingerprint density at radius 3 is 1.95 bits per heavy atom. The molecule has 1 aliphatic carbocycles. The number of hydrogen-bond donors (Lipinski definition) is 0. The first-order valence-electron chi connectivity index (χ1n) is 7.74. The lowest BCUT2D eigenvalue weighted by atomic mass is 9.74. The molecule has 1 saturated heterocycles. The summed E-state index contributed by atoms with van der Waals surface area (Å²) in [6, 6.07) is 5.51. The van der Waals surface area contributed by atoms with Gasteiger partial charge in [0.05, 0.1) is 16.6 Å². The van der Waals surface area contributed by atoms with Crippen LogP contribution in [0.4, 0.5) is 8.78 Å². The minimum absolute atomic E-state index is 0.0914. The average Bonchev–Trinajstić information content (AvgIpc) is 2.78. The average molecular weight is 308 g/mol. The lowest BCUT2D eigenvalue weighted by Crippen LogP contribution is -2.41. The van der Waals surface area contributed by atoms with Crippen molar-refractivity contribution in [3.8, 4) is 0 Å². The second-order valence-corrected chi connectivity index (χ2v) is 7.87. The van der Waals surface area contributed by atoms with Crippen LogP contribution in [0.3, 0.4) is 0 Å². The fraction of sp³-hybridized carbons (Fsp3) is 0.647. The van der Waals surface area contributed by atoms with Crippen LogP contribution in [-0.4, -0.2) is 24.2 Å². The van der Waals surface area contributed by atoms with E-state index in [1.165, 1.54) is 0 Å². The van der Waals surface area contributed by atoms with Gasteiger partial charge in [-0.15, -0.1) is 0 Å². The second kappa shape index (κ2) is 4.32. The van der Waals surface area contributed by atoms with Crippen LogP contribution in [0.2, 0.25) is 0 Å². The summed E-state index contributed by atoms with van der Waals surface area (Å²) in [6.45, 7) is 11.5. The maximum absolute atomic E-state index is 13.7. The van der Waals surface area contributed by atoms with Crippen LogP contribution in [0, 0.1) is 6.92 Å². The Morgan fingerprint density at radius 2 is 1.50 bits per heavy atom. The third kappa shape index (κ3) is 2.13. The fourth-order valence-corrected chi connectivity index (χ4v) is 2.92. The van der Waals surface area contributed by atoms with Crippen molar-refractivity contribution in [1.82, 2.24) is 0 Å². The standard InChI is InChI=1S/C17H23BF2O2/c1-11-7-8-12(16(6)10-17(16,19)20)9-13(11)18-21-14(2,3)15(4,5)22-18/h7-9H,10H2,1-6H3. The van der Waals surface area contributed by atoms with E-state index in [1.54, 1.807) is 13.0 Å². The van der Waals surface area contributed by atoms with E-state index in [-0.39, 0.29) is 6.42 Å². The van der Waals surface area contributed by atoms with E-state index in [4.69, 9.17) is 9.31 Å². The van der Waals surface area contributed by atoms with E-state index in [0.717, 1.165) is 11.0 Å². The maximum atomic E-state index is 13.7. The Kier molecular flexibility index (Phi) is 3.13. The summed E-state index contributed by atoms with van der Waals surface area (Å²) in [5.41, 5.74) is 0.572. The fourth-order valence-electron chi connectivity index (χ4n) is 2.92. The summed E-state index contributed by atoms with van der Waals surface area (Å²) in [5.74, 6) is -2.62. The summed E-state index contributed by atoms with van der Waals surface area (Å²) in [7, 11) is -0.513. The quantitative estimate of drug-likeness (QED) is 0.777. The number of aryl methyl sites for hydroxylation is 1. The van der Waals surface area contributed by atoms with Crippen molar-refractivity contribution >= 4 is 12.6 Å². The summed E-state index contributed by atoms with van der Waals surface area (Å²) < 4.78 is 39.4. The number of halogens is 2. The van der Waals surface area contributed by atoms with Gasteiger partial charge in [0.15, 0.2) is 0 Å². The number of rotatable bonds is 2. The maximum Gasteiger partial charge on any atom is 0.495 e. The van der Waals surface area contributed by atoms with Gasteiger partial charge < -0.3 is 9.31 Å². The molecule has 120 valence electrons. The molecule has 0 bridgehead atoms. The summed E-state index contributed by atoms with van der Waals surface area (Å²) >= 11 is 0. The Hall–Kier alpha value is -0.935. The van der Waals surface area contributed by atoms with Crippen molar-refractivity contribution in [2.45, 2.75) is 70.5 Å². The molecule has 2 aliphatic rings. The van der Waals surface area contributed by atoms with Gasteiger partial charge in [-0.05, 0) is 52.6 Å². The normalized spacial score (nSPS) is 31.4. The molecule has 3 rings (SSSR count). The largest absolute Gasteiger partial charge is 0.495 e. The first-order chi connectivity index (χ1) is 9.90. The van der Waals surface area contributed by atoms with Crippen molar-refractivity contribution in [3.63, 3.8) is 0 Å². The second-order valence-electron chi connectivity index (χ2n) is 7.87. The summed E-state index contributed by atoms with van der Waals surface area (Å²) in [5, 5.41) is 0. The van der Waals surface area contributed by atoms with E-state index < -0.39 is 29.7 Å². The molecule has 0 N–H and O–H groups in total. The van der Waals surface area contributed by atoms with E-state index in [9.17, 15) is 8.78 Å². The predicted octanol–water partition coefficient (Wildman–Crippen LogP) is 3.59. The molecule has 0 radical (unpaired) electrons. The minimum Gasteiger partial charge on any atom is -0.399 e. The van der Waals surface area contributed by atoms with Gasteiger partial charge >= 0.3 is 7.12 Å². The van der Waals surface area contributed by atoms with Crippen molar-refractivity contribution < 1.29 is 18.1 Å². The Balaban J connectivity index is 1.96. The van der Waals surface area contributed by atoms with Crippen LogP contribution < -0.4 is 5.46 Å². The molecule has 0 spiro atoms. The first kappa shape index (κ1) is 15.9. The molecule has 22 heavy (non-hydrogen) atoms. The van der Waals surface area contributed by atoms with Gasteiger partial charge in [-0.2, -0.15) is 0 Å². The topological polar surface area (TPSA) is 18.5 Å². The molecule has 1 unspecified atom stereocenters. The van der Waals surface area contributed by atoms with Crippen LogP contribution in [-0.2, 0) is 14.7 Å². The van der Waals surface area contributed by atoms with E-state index in [2.05, 4.69) is 0 Å². The molecule has 1 atom stereocenters. The monoisotopic (exact) mass is 308 g/mol. The number of benzene rings is 1. The molecule has 1 saturated carbocycles. The van der Waals surface area contributed by atoms with Crippen LogP contribution >= 0.6 is 0 Å². The molecular weight excluding hydrogens is 285 g/mol. The zero-order valence-electron chi connectivity index (χ0n) is 14.1. The zero-order chi connectivity index (χ0) is 16.6. The van der Waals surface area contributed by atoms with Gasteiger partial charge in [-0.25, -0.2) is 8.78 Å². The van der Waals surface area contributed by atoms with Crippen molar-refractivity contribution in [2.24, 2.45) is 0 Å². The molecule has 2 fully saturated rings. The Morgan fingerprint density at radius 1 is 1.00 bits per heavy atom. The van der Waals surface area contributed by atoms with Crippen molar-refractivity contribution in [3.05, 3.63) is 29.3 Å². The lowest BCUT2D eigenvalue weighted by molar-refractivity contribution is 0.00578. The molecule has 0 aromatic heterocycles. The van der Waals surface area contributed by atoms with Crippen LogP contribution in [0.5, 0.6) is 0 Å². The van der Waals surface area contributed by atoms with E-state index >= 15 is 0 Å². The summed E-state index contributed by atoms with van der Waals surface area (Å²) in [6.07, 6.45) is -0.0914. The molecule has 1 aromatic carbocycles. The molecule has 1 aromatic rings. The van der Waals surface area contributed by atoms with Gasteiger partial charge in [0, 0.05) is 6.42 Å². The molecule has 0 amide bonds. The van der Waals surface area contributed by atoms with Crippen LogP contribution in [0.25, 0.3) is 0 Å². The van der Waals surface area contributed by atoms with Gasteiger partial charge in [0.1, 0.15) is 0 Å². The molecule has 1 aliphatic heterocycles. The number of alkyl halides is 2. The van der Waals surface area contributed by atoms with Crippen LogP contribution in [0.15, 0.2) is 18.2 Å². The highest BCUT2D eigenvalue weighted by atomic mass is 19.3. The van der Waals surface area contributed by atoms with Gasteiger partial charge in [0.25, 0.3) is 5.92 Å². The Bertz CT molecular complexity index is 611. The van der Waals surface area contributed by atoms with E-state index in [0.29, 0.717) is 5.56 Å². The lowest BCUT2D eigenvalue weighted by Gasteiger charge is -2.32. The third-order valence-electron chi connectivity index (χ3n) is 5.68. The van der Waals surface area contributed by atoms with Crippen molar-refractivity contribution in [1.29, 1.82) is 0 Å². The minimum atomic E-state index is -2.62. The first-order valence-corrected chi connectivity index (χ1v) is 7.74. The number of hydrogen-bond acceptors (Lipinski definition) is 2. The zero-order valence-corrected chi connectivity index (χ0v) is 14.1. The Labute approximate surface area is 131 Å². The SMILES string of the molecule is Cc1ccc(C2(C)CC2(F)F)cc1B1OC(C)(C)C(C)(C)O1. The molecular formula is C17H23BF2O2. The highest BCUT2D eigenvalue weighted by Crippen LogP contribution is 2.61. The smallest absolute Gasteiger partial charge is 0.399 e. The highest BCUT2D eigenvalue weighted by molar-refractivity contribution is 6.62.